The number of piperazine rings is 1. The van der Waals surface area contributed by atoms with Crippen molar-refractivity contribution in [1.29, 1.82) is 0 Å². The Morgan fingerprint density at radius 1 is 0.769 bits per heavy atom. The molecule has 5 aromatic rings. The molecule has 1 atom stereocenters. The lowest BCUT2D eigenvalue weighted by atomic mass is 10.0. The zero-order valence-corrected chi connectivity index (χ0v) is 21.7. The van der Waals surface area contributed by atoms with Crippen LogP contribution < -0.4 is 15.1 Å². The number of nitrogens with one attached hydrogen (secondary N) is 1. The standard InChI is InChI=1S/C31H29N7O/c1-22(23-5-3-2-4-6-23)31(39)35-26-10-7-24(8-11-26)25-9-12-27-28(19-25)36-30(21-34-27)38-17-15-37(16-18-38)29-20-32-13-14-33-29/h2-14,19-22H,15-18H2,1H3,(H,35,39). The number of nitrogens with zero attached hydrogens (tertiary/aromatic N) is 6. The number of rotatable bonds is 6. The van der Waals surface area contributed by atoms with Crippen LogP contribution in [0.2, 0.25) is 0 Å². The van der Waals surface area contributed by atoms with Crippen molar-refractivity contribution in [3.63, 3.8) is 0 Å². The Hall–Kier alpha value is -4.85. The van der Waals surface area contributed by atoms with Crippen LogP contribution in [0.3, 0.4) is 0 Å². The van der Waals surface area contributed by atoms with E-state index in [1.165, 1.54) is 0 Å². The first-order chi connectivity index (χ1) is 19.1. The van der Waals surface area contributed by atoms with Crippen LogP contribution in [0.5, 0.6) is 0 Å². The van der Waals surface area contributed by atoms with Crippen LogP contribution in [0, 0.1) is 0 Å². The maximum Gasteiger partial charge on any atom is 0.231 e. The summed E-state index contributed by atoms with van der Waals surface area (Å²) in [5.41, 5.74) is 5.59. The van der Waals surface area contributed by atoms with Gasteiger partial charge >= 0.3 is 0 Å². The summed E-state index contributed by atoms with van der Waals surface area (Å²) >= 11 is 0. The molecule has 1 amide bonds. The number of carbonyl (C=O) groups is 1. The molecule has 0 aliphatic carbocycles. The Kier molecular flexibility index (Phi) is 6.82. The normalized spacial score (nSPS) is 14.3. The van der Waals surface area contributed by atoms with Crippen molar-refractivity contribution in [1.82, 2.24) is 19.9 Å². The summed E-state index contributed by atoms with van der Waals surface area (Å²) in [5, 5.41) is 3.03. The number of hydrogen-bond donors (Lipinski definition) is 1. The number of anilines is 3. The fourth-order valence-corrected chi connectivity index (χ4v) is 4.84. The van der Waals surface area contributed by atoms with Gasteiger partial charge < -0.3 is 15.1 Å². The van der Waals surface area contributed by atoms with Crippen molar-refractivity contribution >= 4 is 34.3 Å². The van der Waals surface area contributed by atoms with Crippen LogP contribution in [0.1, 0.15) is 18.4 Å². The van der Waals surface area contributed by atoms with Gasteiger partial charge in [-0.2, -0.15) is 0 Å². The second kappa shape index (κ2) is 10.9. The smallest absolute Gasteiger partial charge is 0.231 e. The van der Waals surface area contributed by atoms with Gasteiger partial charge in [-0.05, 0) is 47.9 Å². The molecule has 1 unspecified atom stereocenters. The number of amides is 1. The van der Waals surface area contributed by atoms with Gasteiger partial charge in [0.15, 0.2) is 0 Å². The molecule has 1 aliphatic rings. The summed E-state index contributed by atoms with van der Waals surface area (Å²) in [4.78, 5) is 35.4. The van der Waals surface area contributed by atoms with Gasteiger partial charge in [-0.25, -0.2) is 9.97 Å². The van der Waals surface area contributed by atoms with Crippen LogP contribution in [0.4, 0.5) is 17.3 Å². The topological polar surface area (TPSA) is 87.1 Å². The predicted molar refractivity (Wildman–Crippen MR) is 155 cm³/mol. The van der Waals surface area contributed by atoms with Gasteiger partial charge in [0.1, 0.15) is 11.6 Å². The molecular formula is C31H29N7O. The largest absolute Gasteiger partial charge is 0.352 e. The first-order valence-electron chi connectivity index (χ1n) is 13.1. The van der Waals surface area contributed by atoms with Crippen molar-refractivity contribution in [2.45, 2.75) is 12.8 Å². The fraction of sp³-hybridized carbons (Fsp3) is 0.194. The third-order valence-electron chi connectivity index (χ3n) is 7.19. The van der Waals surface area contributed by atoms with Crippen molar-refractivity contribution in [3.05, 3.63) is 103 Å². The maximum atomic E-state index is 12.7. The first-order valence-corrected chi connectivity index (χ1v) is 13.1. The van der Waals surface area contributed by atoms with Crippen LogP contribution in [0.15, 0.2) is 97.6 Å². The second-order valence-electron chi connectivity index (χ2n) is 9.67. The molecule has 0 radical (unpaired) electrons. The molecule has 0 bridgehead atoms. The number of benzene rings is 3. The van der Waals surface area contributed by atoms with Crippen molar-refractivity contribution in [3.8, 4) is 11.1 Å². The van der Waals surface area contributed by atoms with Gasteiger partial charge in [-0.15, -0.1) is 0 Å². The number of fused-ring (bicyclic) bond motifs is 1. The SMILES string of the molecule is CC(C(=O)Nc1ccc(-c2ccc3ncc(N4CCN(c5cnccn5)CC4)nc3c2)cc1)c1ccccc1. The summed E-state index contributed by atoms with van der Waals surface area (Å²) in [6.07, 6.45) is 7.08. The lowest BCUT2D eigenvalue weighted by molar-refractivity contribution is -0.117. The monoisotopic (exact) mass is 515 g/mol. The molecule has 0 saturated carbocycles. The molecule has 3 aromatic carbocycles. The van der Waals surface area contributed by atoms with Gasteiger partial charge in [0.2, 0.25) is 5.91 Å². The van der Waals surface area contributed by atoms with Gasteiger partial charge in [0, 0.05) is 44.3 Å². The number of carbonyl (C=O) groups excluding carboxylic acids is 1. The van der Waals surface area contributed by atoms with Crippen molar-refractivity contribution in [2.24, 2.45) is 0 Å². The van der Waals surface area contributed by atoms with E-state index in [0.717, 1.165) is 71.2 Å². The molecule has 8 heteroatoms. The van der Waals surface area contributed by atoms with Crippen molar-refractivity contribution in [2.75, 3.05) is 41.3 Å². The van der Waals surface area contributed by atoms with Crippen molar-refractivity contribution < 1.29 is 4.79 Å². The molecule has 1 aliphatic heterocycles. The predicted octanol–water partition coefficient (Wildman–Crippen LogP) is 5.16. The highest BCUT2D eigenvalue weighted by Crippen LogP contribution is 2.27. The molecule has 8 nitrogen and oxygen atoms in total. The Bertz CT molecular complexity index is 1570. The molecule has 3 heterocycles. The Labute approximate surface area is 227 Å². The molecule has 194 valence electrons. The van der Waals surface area contributed by atoms with E-state index in [-0.39, 0.29) is 11.8 Å². The zero-order valence-electron chi connectivity index (χ0n) is 21.7. The Morgan fingerprint density at radius 3 is 2.21 bits per heavy atom. The Morgan fingerprint density at radius 2 is 1.49 bits per heavy atom. The summed E-state index contributed by atoms with van der Waals surface area (Å²) in [6.45, 7) is 5.30. The summed E-state index contributed by atoms with van der Waals surface area (Å²) < 4.78 is 0. The van der Waals surface area contributed by atoms with Crippen LogP contribution in [0.25, 0.3) is 22.2 Å². The molecular weight excluding hydrogens is 486 g/mol. The summed E-state index contributed by atoms with van der Waals surface area (Å²) in [7, 11) is 0. The maximum absolute atomic E-state index is 12.7. The molecule has 1 N–H and O–H groups in total. The third-order valence-corrected chi connectivity index (χ3v) is 7.19. The van der Waals surface area contributed by atoms with E-state index in [1.54, 1.807) is 18.6 Å². The zero-order chi connectivity index (χ0) is 26.6. The van der Waals surface area contributed by atoms with E-state index in [4.69, 9.17) is 4.98 Å². The molecule has 0 spiro atoms. The van der Waals surface area contributed by atoms with E-state index in [1.807, 2.05) is 73.8 Å². The second-order valence-corrected chi connectivity index (χ2v) is 9.67. The van der Waals surface area contributed by atoms with Gasteiger partial charge in [0.05, 0.1) is 29.3 Å². The van der Waals surface area contributed by atoms with Gasteiger partial charge in [-0.3, -0.25) is 14.8 Å². The molecule has 1 saturated heterocycles. The highest BCUT2D eigenvalue weighted by molar-refractivity contribution is 5.95. The van der Waals surface area contributed by atoms with E-state index < -0.39 is 0 Å². The molecule has 6 rings (SSSR count). The van der Waals surface area contributed by atoms with E-state index in [0.29, 0.717) is 0 Å². The van der Waals surface area contributed by atoms with Crippen LogP contribution in [-0.2, 0) is 4.79 Å². The number of aromatic nitrogens is 4. The minimum atomic E-state index is -0.228. The first kappa shape index (κ1) is 24.5. The Balaban J connectivity index is 1.14. The summed E-state index contributed by atoms with van der Waals surface area (Å²) in [6, 6.07) is 23.9. The molecule has 2 aromatic heterocycles. The van der Waals surface area contributed by atoms with Crippen LogP contribution in [-0.4, -0.2) is 52.0 Å². The van der Waals surface area contributed by atoms with E-state index >= 15 is 0 Å². The highest BCUT2D eigenvalue weighted by Gasteiger charge is 2.20. The van der Waals surface area contributed by atoms with Gasteiger partial charge in [-0.1, -0.05) is 48.5 Å². The number of hydrogen-bond acceptors (Lipinski definition) is 7. The lowest BCUT2D eigenvalue weighted by Gasteiger charge is -2.35. The van der Waals surface area contributed by atoms with E-state index in [9.17, 15) is 4.79 Å². The van der Waals surface area contributed by atoms with E-state index in [2.05, 4.69) is 42.2 Å². The molecule has 1 fully saturated rings. The summed E-state index contributed by atoms with van der Waals surface area (Å²) in [5.74, 6) is 1.53. The third kappa shape index (κ3) is 5.40. The quantitative estimate of drug-likeness (QED) is 0.334. The molecule has 39 heavy (non-hydrogen) atoms. The van der Waals surface area contributed by atoms with Gasteiger partial charge in [0.25, 0.3) is 0 Å². The fourth-order valence-electron chi connectivity index (χ4n) is 4.84. The minimum absolute atomic E-state index is 0.0278. The van der Waals surface area contributed by atoms with Crippen LogP contribution >= 0.6 is 0 Å². The average molecular weight is 516 g/mol. The highest BCUT2D eigenvalue weighted by atomic mass is 16.1. The minimum Gasteiger partial charge on any atom is -0.352 e. The lowest BCUT2D eigenvalue weighted by Crippen LogP contribution is -2.47. The average Bonchev–Trinajstić information content (AvgIpc) is 3.01.